The van der Waals surface area contributed by atoms with Crippen LogP contribution in [0.1, 0.15) is 27.2 Å². The molecular formula is C26H17F3N8O2. The smallest absolute Gasteiger partial charge is 0.349 e. The summed E-state index contributed by atoms with van der Waals surface area (Å²) >= 11 is 0. The fourth-order valence-corrected chi connectivity index (χ4v) is 3.95. The maximum atomic E-state index is 13.1. The monoisotopic (exact) mass is 530 g/mol. The zero-order chi connectivity index (χ0) is 27.6. The Morgan fingerprint density at radius 3 is 2.46 bits per heavy atom. The molecular weight excluding hydrogens is 513 g/mol. The predicted molar refractivity (Wildman–Crippen MR) is 134 cm³/mol. The molecule has 2 heterocycles. The zero-order valence-corrected chi connectivity index (χ0v) is 19.8. The van der Waals surface area contributed by atoms with Gasteiger partial charge in [-0.25, -0.2) is 0 Å². The molecule has 3 aromatic carbocycles. The Morgan fingerprint density at radius 1 is 0.974 bits per heavy atom. The van der Waals surface area contributed by atoms with E-state index >= 15 is 0 Å². The van der Waals surface area contributed by atoms with Gasteiger partial charge in [-0.05, 0) is 53.2 Å². The Hall–Kier alpha value is -5.51. The number of H-pyrrole nitrogens is 2. The van der Waals surface area contributed by atoms with Gasteiger partial charge in [-0.1, -0.05) is 24.3 Å². The number of aromatic nitrogens is 5. The number of carbonyl (C=O) groups excluding carboxylic acids is 2. The molecule has 0 aliphatic carbocycles. The third-order valence-electron chi connectivity index (χ3n) is 5.80. The molecule has 10 nitrogen and oxygen atoms in total. The second-order valence-electron chi connectivity index (χ2n) is 8.43. The molecule has 39 heavy (non-hydrogen) atoms. The van der Waals surface area contributed by atoms with E-state index in [0.29, 0.717) is 39.0 Å². The summed E-state index contributed by atoms with van der Waals surface area (Å²) in [4.78, 5) is 28.7. The second-order valence-corrected chi connectivity index (χ2v) is 8.43. The summed E-state index contributed by atoms with van der Waals surface area (Å²) in [7, 11) is 0. The van der Waals surface area contributed by atoms with E-state index in [2.05, 4.69) is 36.2 Å². The number of tetrazole rings is 1. The molecule has 2 amide bonds. The summed E-state index contributed by atoms with van der Waals surface area (Å²) in [6.45, 7) is 0. The summed E-state index contributed by atoms with van der Waals surface area (Å²) in [6.07, 6.45) is -4.59. The van der Waals surface area contributed by atoms with Crippen molar-refractivity contribution >= 4 is 34.1 Å². The number of nitrogens with zero attached hydrogens (tertiary/aromatic N) is 4. The minimum atomic E-state index is -4.46. The molecule has 0 saturated heterocycles. The number of amides is 2. The highest BCUT2D eigenvalue weighted by Crippen LogP contribution is 2.30. The number of hydrogen-bond acceptors (Lipinski definition) is 6. The summed E-state index contributed by atoms with van der Waals surface area (Å²) in [5, 5.41) is 29.1. The van der Waals surface area contributed by atoms with Crippen LogP contribution in [0.25, 0.3) is 22.3 Å². The number of aromatic amines is 2. The predicted octanol–water partition coefficient (Wildman–Crippen LogP) is 4.67. The quantitative estimate of drug-likeness (QED) is 0.250. The number of halogens is 3. The lowest BCUT2D eigenvalue weighted by Crippen LogP contribution is -2.15. The minimum Gasteiger partial charge on any atom is -0.349 e. The lowest BCUT2D eigenvalue weighted by molar-refractivity contribution is -0.137. The third-order valence-corrected chi connectivity index (χ3v) is 5.80. The van der Waals surface area contributed by atoms with E-state index in [1.54, 1.807) is 30.3 Å². The Balaban J connectivity index is 1.34. The molecule has 4 N–H and O–H groups in total. The van der Waals surface area contributed by atoms with Gasteiger partial charge < -0.3 is 15.6 Å². The standard InChI is InChI=1S/C26H17F3N8O2/c27-26(28,29)17-7-4-14(5-8-17)11-22(38)31-20-3-1-2-16-12-21(32-23(16)20)25(39)33-19-9-6-15(13-30)10-18(19)24-34-36-37-35-24/h1-10,12,32H,11H2,(H,31,38)(H,33,39)(H,34,35,36,37). The van der Waals surface area contributed by atoms with Crippen molar-refractivity contribution in [3.8, 4) is 17.5 Å². The number of para-hydroxylation sites is 1. The van der Waals surface area contributed by atoms with Crippen LogP contribution in [-0.2, 0) is 17.4 Å². The fourth-order valence-electron chi connectivity index (χ4n) is 3.95. The maximum absolute atomic E-state index is 13.1. The zero-order valence-electron chi connectivity index (χ0n) is 19.8. The maximum Gasteiger partial charge on any atom is 0.416 e. The van der Waals surface area contributed by atoms with Crippen molar-refractivity contribution in [1.29, 1.82) is 5.26 Å². The summed E-state index contributed by atoms with van der Waals surface area (Å²) in [5.74, 6) is -0.745. The summed E-state index contributed by atoms with van der Waals surface area (Å²) in [5.41, 5.74) is 1.79. The Labute approximate surface area is 217 Å². The van der Waals surface area contributed by atoms with Crippen molar-refractivity contribution < 1.29 is 22.8 Å². The van der Waals surface area contributed by atoms with Crippen molar-refractivity contribution in [3.63, 3.8) is 0 Å². The number of anilines is 2. The molecule has 0 bridgehead atoms. The number of benzene rings is 3. The van der Waals surface area contributed by atoms with Gasteiger partial charge in [-0.15, -0.1) is 10.2 Å². The first-order chi connectivity index (χ1) is 18.7. The SMILES string of the molecule is N#Cc1ccc(NC(=O)c2cc3cccc(NC(=O)Cc4ccc(C(F)(F)F)cc4)c3[nH]2)c(-c2nn[nH]n2)c1. The number of carbonyl (C=O) groups is 2. The lowest BCUT2D eigenvalue weighted by Gasteiger charge is -2.09. The van der Waals surface area contributed by atoms with Gasteiger partial charge in [0.1, 0.15) is 5.69 Å². The molecule has 0 saturated carbocycles. The van der Waals surface area contributed by atoms with Crippen molar-refractivity contribution in [2.45, 2.75) is 12.6 Å². The number of alkyl halides is 3. The van der Waals surface area contributed by atoms with Crippen LogP contribution in [0.15, 0.2) is 66.7 Å². The molecule has 0 spiro atoms. The molecule has 0 aliphatic rings. The molecule has 13 heteroatoms. The van der Waals surface area contributed by atoms with Crippen molar-refractivity contribution in [3.05, 3.63) is 89.1 Å². The minimum absolute atomic E-state index is 0.139. The normalized spacial score (nSPS) is 11.2. The summed E-state index contributed by atoms with van der Waals surface area (Å²) < 4.78 is 38.3. The van der Waals surface area contributed by atoms with Crippen LogP contribution in [0.3, 0.4) is 0 Å². The average molecular weight is 530 g/mol. The van der Waals surface area contributed by atoms with Gasteiger partial charge in [-0.3, -0.25) is 9.59 Å². The molecule has 5 rings (SSSR count). The van der Waals surface area contributed by atoms with Gasteiger partial charge in [-0.2, -0.15) is 23.6 Å². The van der Waals surface area contributed by atoms with E-state index in [1.165, 1.54) is 24.3 Å². The van der Waals surface area contributed by atoms with Crippen molar-refractivity contribution in [1.82, 2.24) is 25.6 Å². The first kappa shape index (κ1) is 25.2. The van der Waals surface area contributed by atoms with E-state index in [0.717, 1.165) is 12.1 Å². The second kappa shape index (κ2) is 10.1. The molecule has 0 atom stereocenters. The van der Waals surface area contributed by atoms with Crippen LogP contribution in [0, 0.1) is 11.3 Å². The lowest BCUT2D eigenvalue weighted by atomic mass is 10.1. The Kier molecular flexibility index (Phi) is 6.51. The number of fused-ring (bicyclic) bond motifs is 1. The van der Waals surface area contributed by atoms with Crippen molar-refractivity contribution in [2.75, 3.05) is 10.6 Å². The van der Waals surface area contributed by atoms with Gasteiger partial charge in [0.05, 0.1) is 40.5 Å². The topological polar surface area (TPSA) is 152 Å². The number of nitriles is 1. The van der Waals surface area contributed by atoms with Crippen molar-refractivity contribution in [2.24, 2.45) is 0 Å². The fraction of sp³-hybridized carbons (Fsp3) is 0.0769. The van der Waals surface area contributed by atoms with Gasteiger partial charge >= 0.3 is 6.18 Å². The van der Waals surface area contributed by atoms with Crippen LogP contribution in [0.2, 0.25) is 0 Å². The molecule has 2 aromatic heterocycles. The first-order valence-electron chi connectivity index (χ1n) is 11.4. The molecule has 194 valence electrons. The third kappa shape index (κ3) is 5.44. The van der Waals surface area contributed by atoms with Crippen LogP contribution in [-0.4, -0.2) is 37.4 Å². The Morgan fingerprint density at radius 2 is 1.77 bits per heavy atom. The largest absolute Gasteiger partial charge is 0.416 e. The summed E-state index contributed by atoms with van der Waals surface area (Å²) in [6, 6.07) is 17.7. The van der Waals surface area contributed by atoms with Crippen LogP contribution in [0.5, 0.6) is 0 Å². The number of rotatable bonds is 6. The van der Waals surface area contributed by atoms with E-state index in [-0.39, 0.29) is 17.9 Å². The van der Waals surface area contributed by atoms with Gasteiger partial charge in [0.2, 0.25) is 11.7 Å². The Bertz CT molecular complexity index is 1720. The van der Waals surface area contributed by atoms with Crippen LogP contribution in [0.4, 0.5) is 24.5 Å². The first-order valence-corrected chi connectivity index (χ1v) is 11.4. The van der Waals surface area contributed by atoms with Crippen LogP contribution < -0.4 is 10.6 Å². The van der Waals surface area contributed by atoms with E-state index < -0.39 is 23.6 Å². The molecule has 0 unspecified atom stereocenters. The van der Waals surface area contributed by atoms with Gasteiger partial charge in [0.25, 0.3) is 5.91 Å². The van der Waals surface area contributed by atoms with E-state index in [9.17, 15) is 28.0 Å². The molecule has 0 fully saturated rings. The number of nitrogens with one attached hydrogen (secondary N) is 4. The number of hydrogen-bond donors (Lipinski definition) is 4. The highest BCUT2D eigenvalue weighted by atomic mass is 19.4. The molecule has 0 radical (unpaired) electrons. The highest BCUT2D eigenvalue weighted by molar-refractivity contribution is 6.09. The van der Waals surface area contributed by atoms with E-state index in [4.69, 9.17) is 0 Å². The van der Waals surface area contributed by atoms with Crippen LogP contribution >= 0.6 is 0 Å². The average Bonchev–Trinajstić information content (AvgIpc) is 3.60. The molecule has 0 aliphatic heterocycles. The van der Waals surface area contributed by atoms with Gasteiger partial charge in [0, 0.05) is 10.9 Å². The van der Waals surface area contributed by atoms with E-state index in [1.807, 2.05) is 6.07 Å². The highest BCUT2D eigenvalue weighted by Gasteiger charge is 2.30. The molecule has 5 aromatic rings. The van der Waals surface area contributed by atoms with Gasteiger partial charge in [0.15, 0.2) is 0 Å².